The van der Waals surface area contributed by atoms with E-state index < -0.39 is 0 Å². The highest BCUT2D eigenvalue weighted by Gasteiger charge is 2.34. The van der Waals surface area contributed by atoms with E-state index >= 15 is 0 Å². The summed E-state index contributed by atoms with van der Waals surface area (Å²) < 4.78 is 1.85. The smallest absolute Gasteiger partial charge is 0.272 e. The number of hydrogen-bond acceptors (Lipinski definition) is 2. The number of aromatic nitrogens is 2. The Kier molecular flexibility index (Phi) is 2.88. The average molecular weight is 247 g/mol. The molecule has 98 valence electrons. The van der Waals surface area contributed by atoms with Crippen LogP contribution in [0.4, 0.5) is 0 Å². The molecule has 1 saturated heterocycles. The number of piperidine rings is 1. The standard InChI is InChI=1S/C14H21N3O/c1-10-13(16(2)9-15-10)14(18)17-7-11-4-3-5-12(6-11)8-17/h9,11-12H,3-8H2,1-2H3. The van der Waals surface area contributed by atoms with Gasteiger partial charge >= 0.3 is 0 Å². The van der Waals surface area contributed by atoms with Gasteiger partial charge in [0.2, 0.25) is 0 Å². The molecule has 1 aliphatic heterocycles. The van der Waals surface area contributed by atoms with Gasteiger partial charge in [0, 0.05) is 20.1 Å². The summed E-state index contributed by atoms with van der Waals surface area (Å²) in [5.74, 6) is 1.63. The molecule has 2 bridgehead atoms. The highest BCUT2D eigenvalue weighted by Crippen LogP contribution is 2.34. The number of hydrogen-bond donors (Lipinski definition) is 0. The van der Waals surface area contributed by atoms with E-state index in [1.807, 2.05) is 18.5 Å². The Morgan fingerprint density at radius 3 is 2.56 bits per heavy atom. The molecule has 18 heavy (non-hydrogen) atoms. The van der Waals surface area contributed by atoms with E-state index in [1.54, 1.807) is 6.33 Å². The van der Waals surface area contributed by atoms with Crippen LogP contribution >= 0.6 is 0 Å². The minimum Gasteiger partial charge on any atom is -0.337 e. The minimum atomic E-state index is 0.170. The molecule has 4 heteroatoms. The highest BCUT2D eigenvalue weighted by molar-refractivity contribution is 5.93. The summed E-state index contributed by atoms with van der Waals surface area (Å²) in [6.07, 6.45) is 7.00. The van der Waals surface area contributed by atoms with Gasteiger partial charge in [0.15, 0.2) is 0 Å². The number of amides is 1. The second kappa shape index (κ2) is 4.41. The fourth-order valence-corrected chi connectivity index (χ4v) is 3.60. The summed E-state index contributed by atoms with van der Waals surface area (Å²) in [4.78, 5) is 18.9. The molecular weight excluding hydrogens is 226 g/mol. The van der Waals surface area contributed by atoms with Gasteiger partial charge < -0.3 is 9.47 Å². The first-order chi connectivity index (χ1) is 8.65. The van der Waals surface area contributed by atoms with Crippen LogP contribution in [0.5, 0.6) is 0 Å². The van der Waals surface area contributed by atoms with E-state index in [2.05, 4.69) is 9.88 Å². The molecule has 1 aromatic heterocycles. The van der Waals surface area contributed by atoms with Crippen molar-refractivity contribution in [1.29, 1.82) is 0 Å². The van der Waals surface area contributed by atoms with Crippen molar-refractivity contribution in [1.82, 2.24) is 14.5 Å². The third kappa shape index (κ3) is 1.93. The van der Waals surface area contributed by atoms with E-state index in [1.165, 1.54) is 25.7 Å². The third-order valence-electron chi connectivity index (χ3n) is 4.46. The van der Waals surface area contributed by atoms with Crippen LogP contribution in [0.1, 0.15) is 41.9 Å². The molecule has 2 aliphatic rings. The summed E-state index contributed by atoms with van der Waals surface area (Å²) in [5.41, 5.74) is 1.60. The SMILES string of the molecule is Cc1ncn(C)c1C(=O)N1CC2CCCC(C2)C1. The van der Waals surface area contributed by atoms with Crippen molar-refractivity contribution >= 4 is 5.91 Å². The van der Waals surface area contributed by atoms with Crippen LogP contribution < -0.4 is 0 Å². The Bertz CT molecular complexity index is 434. The topological polar surface area (TPSA) is 38.1 Å². The number of aryl methyl sites for hydroxylation is 2. The molecule has 3 rings (SSSR count). The highest BCUT2D eigenvalue weighted by atomic mass is 16.2. The van der Waals surface area contributed by atoms with E-state index in [0.717, 1.165) is 36.3 Å². The lowest BCUT2D eigenvalue weighted by atomic mass is 9.78. The van der Waals surface area contributed by atoms with Crippen LogP contribution in [0.25, 0.3) is 0 Å². The minimum absolute atomic E-state index is 0.170. The largest absolute Gasteiger partial charge is 0.337 e. The summed E-state index contributed by atoms with van der Waals surface area (Å²) in [6.45, 7) is 3.80. The lowest BCUT2D eigenvalue weighted by molar-refractivity contribution is 0.0495. The lowest BCUT2D eigenvalue weighted by Crippen LogP contribution is -2.46. The molecule has 1 aliphatic carbocycles. The fraction of sp³-hybridized carbons (Fsp3) is 0.714. The fourth-order valence-electron chi connectivity index (χ4n) is 3.60. The molecule has 4 nitrogen and oxygen atoms in total. The number of nitrogens with zero attached hydrogens (tertiary/aromatic N) is 3. The second-order valence-corrected chi connectivity index (χ2v) is 5.90. The predicted octanol–water partition coefficient (Wildman–Crippen LogP) is 1.99. The molecule has 2 unspecified atom stereocenters. The molecule has 2 fully saturated rings. The number of carbonyl (C=O) groups excluding carboxylic acids is 1. The third-order valence-corrected chi connectivity index (χ3v) is 4.46. The van der Waals surface area contributed by atoms with Crippen molar-refractivity contribution in [3.8, 4) is 0 Å². The van der Waals surface area contributed by atoms with E-state index in [-0.39, 0.29) is 5.91 Å². The number of carbonyl (C=O) groups is 1. The normalized spacial score (nSPS) is 27.3. The molecular formula is C14H21N3O. The van der Waals surface area contributed by atoms with Crippen LogP contribution in [0.3, 0.4) is 0 Å². The second-order valence-electron chi connectivity index (χ2n) is 5.90. The molecule has 0 spiro atoms. The first-order valence-corrected chi connectivity index (χ1v) is 6.92. The van der Waals surface area contributed by atoms with Gasteiger partial charge in [0.05, 0.1) is 12.0 Å². The molecule has 0 N–H and O–H groups in total. The Hall–Kier alpha value is -1.32. The number of imidazole rings is 1. The van der Waals surface area contributed by atoms with Crippen molar-refractivity contribution in [3.05, 3.63) is 17.7 Å². The quantitative estimate of drug-likeness (QED) is 0.761. The van der Waals surface area contributed by atoms with Gasteiger partial charge in [-0.1, -0.05) is 6.42 Å². The van der Waals surface area contributed by atoms with E-state index in [0.29, 0.717) is 0 Å². The summed E-state index contributed by atoms with van der Waals surface area (Å²) in [6, 6.07) is 0. The van der Waals surface area contributed by atoms with Crippen molar-refractivity contribution in [2.45, 2.75) is 32.6 Å². The zero-order chi connectivity index (χ0) is 12.7. The van der Waals surface area contributed by atoms with Crippen LogP contribution in [-0.4, -0.2) is 33.4 Å². The van der Waals surface area contributed by atoms with Crippen LogP contribution in [0, 0.1) is 18.8 Å². The Balaban J connectivity index is 1.81. The van der Waals surface area contributed by atoms with Gasteiger partial charge in [-0.15, -0.1) is 0 Å². The van der Waals surface area contributed by atoms with Crippen molar-refractivity contribution in [2.24, 2.45) is 18.9 Å². The maximum absolute atomic E-state index is 12.6. The molecule has 2 heterocycles. The average Bonchev–Trinajstić information content (AvgIpc) is 2.68. The van der Waals surface area contributed by atoms with Crippen molar-refractivity contribution in [2.75, 3.05) is 13.1 Å². The zero-order valence-electron chi connectivity index (χ0n) is 11.2. The Morgan fingerprint density at radius 2 is 2.00 bits per heavy atom. The molecule has 1 amide bonds. The van der Waals surface area contributed by atoms with Gasteiger partial charge in [-0.05, 0) is 38.0 Å². The summed E-state index contributed by atoms with van der Waals surface area (Å²) in [5, 5.41) is 0. The van der Waals surface area contributed by atoms with Crippen molar-refractivity contribution < 1.29 is 4.79 Å². The number of rotatable bonds is 1. The first kappa shape index (κ1) is 11.8. The van der Waals surface area contributed by atoms with Crippen LogP contribution in [0.2, 0.25) is 0 Å². The summed E-state index contributed by atoms with van der Waals surface area (Å²) >= 11 is 0. The zero-order valence-corrected chi connectivity index (χ0v) is 11.2. The lowest BCUT2D eigenvalue weighted by Gasteiger charge is -2.41. The maximum atomic E-state index is 12.6. The Labute approximate surface area is 108 Å². The van der Waals surface area contributed by atoms with Crippen molar-refractivity contribution in [3.63, 3.8) is 0 Å². The van der Waals surface area contributed by atoms with Gasteiger partial charge in [-0.3, -0.25) is 4.79 Å². The van der Waals surface area contributed by atoms with Gasteiger partial charge in [0.1, 0.15) is 5.69 Å². The predicted molar refractivity (Wildman–Crippen MR) is 69.3 cm³/mol. The molecule has 2 atom stereocenters. The maximum Gasteiger partial charge on any atom is 0.272 e. The Morgan fingerprint density at radius 1 is 1.33 bits per heavy atom. The summed E-state index contributed by atoms with van der Waals surface area (Å²) in [7, 11) is 1.90. The van der Waals surface area contributed by atoms with Gasteiger partial charge in [0.25, 0.3) is 5.91 Å². The number of fused-ring (bicyclic) bond motifs is 2. The first-order valence-electron chi connectivity index (χ1n) is 6.92. The van der Waals surface area contributed by atoms with Gasteiger partial charge in [-0.2, -0.15) is 0 Å². The number of likely N-dealkylation sites (tertiary alicyclic amines) is 1. The molecule has 1 saturated carbocycles. The molecule has 0 radical (unpaired) electrons. The van der Waals surface area contributed by atoms with E-state index in [4.69, 9.17) is 0 Å². The van der Waals surface area contributed by atoms with Crippen LogP contribution in [0.15, 0.2) is 6.33 Å². The monoisotopic (exact) mass is 247 g/mol. The van der Waals surface area contributed by atoms with Gasteiger partial charge in [-0.25, -0.2) is 4.98 Å². The van der Waals surface area contributed by atoms with E-state index in [9.17, 15) is 4.79 Å². The van der Waals surface area contributed by atoms with Crippen LogP contribution in [-0.2, 0) is 7.05 Å². The molecule has 0 aromatic carbocycles. The molecule has 1 aromatic rings.